The highest BCUT2D eigenvalue weighted by molar-refractivity contribution is 5.97. The van der Waals surface area contributed by atoms with Crippen LogP contribution < -0.4 is 5.32 Å². The molecule has 0 radical (unpaired) electrons. The number of aliphatic carboxylic acids is 1. The third-order valence-electron chi connectivity index (χ3n) is 4.15. The van der Waals surface area contributed by atoms with Crippen LogP contribution in [-0.4, -0.2) is 23.0 Å². The molecule has 32 heavy (non-hydrogen) atoms. The summed E-state index contributed by atoms with van der Waals surface area (Å²) < 4.78 is 116. The van der Waals surface area contributed by atoms with Crippen LogP contribution in [0.2, 0.25) is 0 Å². The molecule has 0 saturated heterocycles. The average molecular weight is 473 g/mol. The normalized spacial score (nSPS) is 13.5. The number of carbonyl (C=O) groups excluding carboxylic acids is 1. The van der Waals surface area contributed by atoms with Gasteiger partial charge in [-0.05, 0) is 29.8 Å². The van der Waals surface area contributed by atoms with E-state index in [9.17, 15) is 54.2 Å². The third kappa shape index (κ3) is 6.37. The van der Waals surface area contributed by atoms with Crippen LogP contribution in [0.4, 0.5) is 39.5 Å². The van der Waals surface area contributed by atoms with Gasteiger partial charge in [-0.1, -0.05) is 18.2 Å². The maximum atomic E-state index is 12.9. The summed E-state index contributed by atoms with van der Waals surface area (Å²) in [7, 11) is 0. The summed E-state index contributed by atoms with van der Waals surface area (Å²) in [5, 5.41) is 11.0. The average Bonchev–Trinajstić information content (AvgIpc) is 2.65. The molecule has 0 aliphatic heterocycles. The van der Waals surface area contributed by atoms with E-state index in [0.717, 1.165) is 12.1 Å². The number of nitrogens with one attached hydrogen (secondary N) is 1. The Balaban J connectivity index is 2.35. The number of carboxylic acid groups (broad SMARTS) is 1. The molecule has 1 amide bonds. The lowest BCUT2D eigenvalue weighted by molar-refractivity contribution is -0.143. The first kappa shape index (κ1) is 25.0. The van der Waals surface area contributed by atoms with Crippen LogP contribution in [0.25, 0.3) is 0 Å². The number of halogens is 9. The summed E-state index contributed by atoms with van der Waals surface area (Å²) in [6, 6.07) is 1.46. The van der Waals surface area contributed by atoms with E-state index in [1.165, 1.54) is 0 Å². The van der Waals surface area contributed by atoms with Crippen LogP contribution >= 0.6 is 0 Å². The van der Waals surface area contributed by atoms with Crippen molar-refractivity contribution in [2.45, 2.75) is 31.0 Å². The zero-order valence-electron chi connectivity index (χ0n) is 15.5. The molecule has 2 rings (SSSR count). The molecule has 0 heterocycles. The molecule has 0 bridgehead atoms. The number of alkyl halides is 9. The zero-order valence-corrected chi connectivity index (χ0v) is 15.5. The maximum Gasteiger partial charge on any atom is 0.416 e. The van der Waals surface area contributed by atoms with E-state index < -0.39 is 65.1 Å². The predicted molar refractivity (Wildman–Crippen MR) is 90.5 cm³/mol. The minimum Gasteiger partial charge on any atom is -0.480 e. The molecule has 1 atom stereocenters. The van der Waals surface area contributed by atoms with Crippen LogP contribution in [0, 0.1) is 0 Å². The van der Waals surface area contributed by atoms with Gasteiger partial charge in [0.25, 0.3) is 5.91 Å². The van der Waals surface area contributed by atoms with Crippen molar-refractivity contribution in [3.05, 3.63) is 70.3 Å². The highest BCUT2D eigenvalue weighted by atomic mass is 19.4. The Labute approximate surface area is 173 Å². The smallest absolute Gasteiger partial charge is 0.416 e. The lowest BCUT2D eigenvalue weighted by Crippen LogP contribution is -2.42. The summed E-state index contributed by atoms with van der Waals surface area (Å²) in [4.78, 5) is 23.7. The second-order valence-electron chi connectivity index (χ2n) is 6.56. The maximum absolute atomic E-state index is 12.9. The first-order valence-electron chi connectivity index (χ1n) is 8.48. The Hall–Kier alpha value is -3.25. The fourth-order valence-corrected chi connectivity index (χ4v) is 2.64. The number of carboxylic acids is 1. The molecule has 2 aromatic rings. The van der Waals surface area contributed by atoms with Crippen molar-refractivity contribution in [3.8, 4) is 0 Å². The molecule has 0 fully saturated rings. The molecular formula is C19H12F9NO3. The second kappa shape index (κ2) is 8.71. The quantitative estimate of drug-likeness (QED) is 0.590. The van der Waals surface area contributed by atoms with E-state index in [4.69, 9.17) is 0 Å². The number of benzene rings is 2. The highest BCUT2D eigenvalue weighted by Crippen LogP contribution is 2.36. The van der Waals surface area contributed by atoms with E-state index in [2.05, 4.69) is 0 Å². The van der Waals surface area contributed by atoms with Gasteiger partial charge < -0.3 is 10.4 Å². The molecule has 0 spiro atoms. The monoisotopic (exact) mass is 473 g/mol. The van der Waals surface area contributed by atoms with E-state index in [-0.39, 0.29) is 23.8 Å². The molecule has 0 aromatic heterocycles. The van der Waals surface area contributed by atoms with Gasteiger partial charge in [0.15, 0.2) is 0 Å². The Morgan fingerprint density at radius 2 is 1.28 bits per heavy atom. The predicted octanol–water partition coefficient (Wildman–Crippen LogP) is 5.17. The molecule has 13 heteroatoms. The van der Waals surface area contributed by atoms with Crippen molar-refractivity contribution in [1.82, 2.24) is 5.32 Å². The fourth-order valence-electron chi connectivity index (χ4n) is 2.64. The summed E-state index contributed by atoms with van der Waals surface area (Å²) in [5.41, 5.74) is -6.00. The van der Waals surface area contributed by atoms with Gasteiger partial charge in [-0.15, -0.1) is 0 Å². The van der Waals surface area contributed by atoms with Crippen molar-refractivity contribution in [2.75, 3.05) is 0 Å². The van der Waals surface area contributed by atoms with Gasteiger partial charge in [-0.2, -0.15) is 39.5 Å². The summed E-state index contributed by atoms with van der Waals surface area (Å²) in [5.74, 6) is -3.35. The Morgan fingerprint density at radius 3 is 1.72 bits per heavy atom. The van der Waals surface area contributed by atoms with Gasteiger partial charge in [0.2, 0.25) is 0 Å². The van der Waals surface area contributed by atoms with Crippen molar-refractivity contribution >= 4 is 11.9 Å². The molecule has 0 unspecified atom stereocenters. The summed E-state index contributed by atoms with van der Waals surface area (Å²) in [6.45, 7) is 0. The van der Waals surface area contributed by atoms with Crippen LogP contribution in [0.15, 0.2) is 42.5 Å². The zero-order chi connectivity index (χ0) is 24.5. The molecule has 174 valence electrons. The van der Waals surface area contributed by atoms with E-state index in [0.29, 0.717) is 12.1 Å². The highest BCUT2D eigenvalue weighted by Gasteiger charge is 2.38. The molecule has 4 nitrogen and oxygen atoms in total. The molecule has 2 aromatic carbocycles. The van der Waals surface area contributed by atoms with Crippen molar-refractivity contribution in [1.29, 1.82) is 0 Å². The standard InChI is InChI=1S/C19H12F9NO3/c20-17(21,22)11-3-1-2-9(4-11)5-14(16(31)32)29-15(30)10-6-12(18(23,24)25)8-13(7-10)19(26,27)28/h1-4,6-8,14H,5H2,(H,29,30)(H,31,32)/t14-/m0/s1. The minimum absolute atomic E-state index is 0.105. The van der Waals surface area contributed by atoms with Gasteiger partial charge in [-0.3, -0.25) is 4.79 Å². The van der Waals surface area contributed by atoms with Crippen LogP contribution in [0.1, 0.15) is 32.6 Å². The number of rotatable bonds is 5. The van der Waals surface area contributed by atoms with Gasteiger partial charge in [0.1, 0.15) is 6.04 Å². The molecule has 0 aliphatic carbocycles. The summed E-state index contributed by atoms with van der Waals surface area (Å²) >= 11 is 0. The number of carbonyl (C=O) groups is 2. The Morgan fingerprint density at radius 1 is 0.781 bits per heavy atom. The van der Waals surface area contributed by atoms with E-state index in [1.54, 1.807) is 5.32 Å². The first-order valence-corrected chi connectivity index (χ1v) is 8.48. The molecule has 2 N–H and O–H groups in total. The lowest BCUT2D eigenvalue weighted by atomic mass is 10.0. The van der Waals surface area contributed by atoms with E-state index in [1.807, 2.05) is 0 Å². The topological polar surface area (TPSA) is 66.4 Å². The largest absolute Gasteiger partial charge is 0.480 e. The van der Waals surface area contributed by atoms with Crippen molar-refractivity contribution in [3.63, 3.8) is 0 Å². The Kier molecular flexibility index (Phi) is 6.81. The first-order chi connectivity index (χ1) is 14.5. The fraction of sp³-hybridized carbons (Fsp3) is 0.263. The SMILES string of the molecule is O=C(N[C@@H](Cc1cccc(C(F)(F)F)c1)C(=O)O)c1cc(C(F)(F)F)cc(C(F)(F)F)c1. The molecule has 0 saturated carbocycles. The number of hydrogen-bond acceptors (Lipinski definition) is 2. The number of hydrogen-bond donors (Lipinski definition) is 2. The minimum atomic E-state index is -5.24. The van der Waals surface area contributed by atoms with Crippen molar-refractivity contribution < 1.29 is 54.2 Å². The number of amides is 1. The second-order valence-corrected chi connectivity index (χ2v) is 6.56. The van der Waals surface area contributed by atoms with Gasteiger partial charge in [-0.25, -0.2) is 4.79 Å². The Bertz CT molecular complexity index is 978. The van der Waals surface area contributed by atoms with Crippen molar-refractivity contribution in [2.24, 2.45) is 0 Å². The van der Waals surface area contributed by atoms with Gasteiger partial charge >= 0.3 is 24.5 Å². The third-order valence-corrected chi connectivity index (χ3v) is 4.15. The summed E-state index contributed by atoms with van der Waals surface area (Å²) in [6.07, 6.45) is -15.9. The molecular weight excluding hydrogens is 461 g/mol. The van der Waals surface area contributed by atoms with Gasteiger partial charge in [0.05, 0.1) is 16.7 Å². The van der Waals surface area contributed by atoms with E-state index >= 15 is 0 Å². The van der Waals surface area contributed by atoms with Crippen LogP contribution in [0.5, 0.6) is 0 Å². The molecule has 0 aliphatic rings. The van der Waals surface area contributed by atoms with Gasteiger partial charge in [0, 0.05) is 12.0 Å². The van der Waals surface area contributed by atoms with Crippen LogP contribution in [-0.2, 0) is 29.7 Å². The van der Waals surface area contributed by atoms with Crippen LogP contribution in [0.3, 0.4) is 0 Å². The lowest BCUT2D eigenvalue weighted by Gasteiger charge is -2.17.